The summed E-state index contributed by atoms with van der Waals surface area (Å²) in [5.41, 5.74) is 5.90. The van der Waals surface area contributed by atoms with Gasteiger partial charge in [-0.25, -0.2) is 5.43 Å². The average Bonchev–Trinajstić information content (AvgIpc) is 2.99. The van der Waals surface area contributed by atoms with Crippen LogP contribution in [-0.4, -0.2) is 17.4 Å². The van der Waals surface area contributed by atoms with E-state index in [1.165, 1.54) is 0 Å². The summed E-state index contributed by atoms with van der Waals surface area (Å²) in [7, 11) is 0. The Bertz CT molecular complexity index is 1040. The number of fused-ring (bicyclic) bond motifs is 1. The maximum Gasteiger partial charge on any atom is 0.271 e. The Morgan fingerprint density at radius 3 is 2.19 bits per heavy atom. The highest BCUT2D eigenvalue weighted by atomic mass is 79.9. The summed E-state index contributed by atoms with van der Waals surface area (Å²) >= 11 is 3.35. The molecule has 0 fully saturated rings. The third-order valence-corrected chi connectivity index (χ3v) is 5.05. The van der Waals surface area contributed by atoms with Gasteiger partial charge in [0, 0.05) is 21.2 Å². The van der Waals surface area contributed by atoms with E-state index in [4.69, 9.17) is 0 Å². The molecule has 3 aromatic carbocycles. The van der Waals surface area contributed by atoms with Gasteiger partial charge in [0.15, 0.2) is 5.78 Å². The van der Waals surface area contributed by atoms with Crippen LogP contribution < -0.4 is 5.43 Å². The van der Waals surface area contributed by atoms with Crippen molar-refractivity contribution in [3.63, 3.8) is 0 Å². The first kappa shape index (κ1) is 17.4. The number of benzene rings is 3. The Balaban J connectivity index is 1.71. The predicted molar refractivity (Wildman–Crippen MR) is 108 cm³/mol. The third-order valence-electron chi connectivity index (χ3n) is 4.52. The van der Waals surface area contributed by atoms with Crippen molar-refractivity contribution in [3.05, 3.63) is 106 Å². The third kappa shape index (κ3) is 3.34. The molecule has 1 atom stereocenters. The second-order valence-electron chi connectivity index (χ2n) is 6.20. The van der Waals surface area contributed by atoms with E-state index in [2.05, 4.69) is 26.5 Å². The monoisotopic (exact) mass is 418 g/mol. The van der Waals surface area contributed by atoms with Gasteiger partial charge in [0.05, 0.1) is 11.6 Å². The first-order valence-electron chi connectivity index (χ1n) is 8.47. The van der Waals surface area contributed by atoms with E-state index in [0.717, 1.165) is 15.6 Å². The Hall–Kier alpha value is -3.05. The highest BCUT2D eigenvalue weighted by molar-refractivity contribution is 9.10. The lowest BCUT2D eigenvalue weighted by molar-refractivity contribution is 0.0950. The van der Waals surface area contributed by atoms with Crippen LogP contribution in [0.5, 0.6) is 0 Å². The average molecular weight is 419 g/mol. The van der Waals surface area contributed by atoms with Gasteiger partial charge in [-0.3, -0.25) is 9.59 Å². The summed E-state index contributed by atoms with van der Waals surface area (Å²) < 4.78 is 0.893. The molecule has 0 saturated heterocycles. The van der Waals surface area contributed by atoms with Gasteiger partial charge in [0.25, 0.3) is 5.91 Å². The highest BCUT2D eigenvalue weighted by Crippen LogP contribution is 2.34. The van der Waals surface area contributed by atoms with E-state index in [-0.39, 0.29) is 11.7 Å². The summed E-state index contributed by atoms with van der Waals surface area (Å²) in [4.78, 5) is 25.4. The van der Waals surface area contributed by atoms with Crippen molar-refractivity contribution in [2.24, 2.45) is 5.10 Å². The van der Waals surface area contributed by atoms with Crippen LogP contribution >= 0.6 is 15.9 Å². The smallest absolute Gasteiger partial charge is 0.271 e. The molecular formula is C22H15BrN2O2. The second-order valence-corrected chi connectivity index (χ2v) is 7.11. The Morgan fingerprint density at radius 2 is 1.48 bits per heavy atom. The second kappa shape index (κ2) is 7.29. The number of nitrogens with zero attached hydrogens (tertiary/aromatic N) is 1. The quantitative estimate of drug-likeness (QED) is 0.633. The topological polar surface area (TPSA) is 58.5 Å². The number of rotatable bonds is 3. The van der Waals surface area contributed by atoms with E-state index in [0.29, 0.717) is 16.8 Å². The highest BCUT2D eigenvalue weighted by Gasteiger charge is 2.37. The van der Waals surface area contributed by atoms with Crippen LogP contribution in [0, 0.1) is 0 Å². The molecule has 0 saturated carbocycles. The van der Waals surface area contributed by atoms with Gasteiger partial charge < -0.3 is 0 Å². The largest absolute Gasteiger partial charge is 0.293 e. The molecule has 1 unspecified atom stereocenters. The Kier molecular flexibility index (Phi) is 4.69. The molecule has 1 aliphatic carbocycles. The molecule has 0 aromatic heterocycles. The standard InChI is InChI=1S/C22H15BrN2O2/c23-16-12-10-15(11-13-16)22(27)25-24-20-17-8-4-5-9-18(17)21(26)19(20)14-6-2-1-3-7-14/h1-13,19H,(H,25,27)/b24-20+. The molecule has 1 N–H and O–H groups in total. The normalized spacial score (nSPS) is 17.0. The lowest BCUT2D eigenvalue weighted by atomic mass is 9.94. The van der Waals surface area contributed by atoms with Crippen LogP contribution in [0.3, 0.4) is 0 Å². The first-order chi connectivity index (χ1) is 13.1. The molecule has 4 rings (SSSR count). The number of nitrogens with one attached hydrogen (secondary N) is 1. The molecule has 0 spiro atoms. The number of halogens is 1. The van der Waals surface area contributed by atoms with Crippen molar-refractivity contribution in [3.8, 4) is 0 Å². The van der Waals surface area contributed by atoms with Crippen LogP contribution in [0.4, 0.5) is 0 Å². The van der Waals surface area contributed by atoms with Crippen LogP contribution in [0.15, 0.2) is 88.4 Å². The maximum absolute atomic E-state index is 13.0. The molecular weight excluding hydrogens is 404 g/mol. The van der Waals surface area contributed by atoms with E-state index in [1.807, 2.05) is 48.5 Å². The molecule has 3 aromatic rings. The minimum atomic E-state index is -0.520. The summed E-state index contributed by atoms with van der Waals surface area (Å²) in [5.74, 6) is -0.846. The van der Waals surface area contributed by atoms with Gasteiger partial charge in [-0.1, -0.05) is 70.5 Å². The van der Waals surface area contributed by atoms with Crippen LogP contribution in [0.2, 0.25) is 0 Å². The molecule has 1 amide bonds. The fourth-order valence-corrected chi connectivity index (χ4v) is 3.48. The van der Waals surface area contributed by atoms with Gasteiger partial charge in [-0.2, -0.15) is 5.10 Å². The molecule has 0 aliphatic heterocycles. The molecule has 132 valence electrons. The van der Waals surface area contributed by atoms with E-state index >= 15 is 0 Å². The van der Waals surface area contributed by atoms with Crippen molar-refractivity contribution in [2.75, 3.05) is 0 Å². The van der Waals surface area contributed by atoms with Crippen molar-refractivity contribution in [1.29, 1.82) is 0 Å². The fourth-order valence-electron chi connectivity index (χ4n) is 3.21. The zero-order valence-electron chi connectivity index (χ0n) is 14.2. The van der Waals surface area contributed by atoms with Gasteiger partial charge in [-0.15, -0.1) is 0 Å². The minimum Gasteiger partial charge on any atom is -0.293 e. The fraction of sp³-hybridized carbons (Fsp3) is 0.0455. The Labute approximate surface area is 165 Å². The molecule has 0 bridgehead atoms. The number of carbonyl (C=O) groups is 2. The lowest BCUT2D eigenvalue weighted by Crippen LogP contribution is -2.22. The number of hydrogen-bond acceptors (Lipinski definition) is 3. The molecule has 5 heteroatoms. The van der Waals surface area contributed by atoms with Crippen molar-refractivity contribution in [1.82, 2.24) is 5.43 Å². The SMILES string of the molecule is O=C(N/N=C1\c2ccccc2C(=O)C1c1ccccc1)c1ccc(Br)cc1. The van der Waals surface area contributed by atoms with Gasteiger partial charge in [-0.05, 0) is 29.8 Å². The number of hydrogen-bond donors (Lipinski definition) is 1. The maximum atomic E-state index is 13.0. The zero-order chi connectivity index (χ0) is 18.8. The molecule has 1 aliphatic rings. The number of carbonyl (C=O) groups excluding carboxylic acids is 2. The number of Topliss-reactive ketones (excluding diaryl/α,β-unsaturated/α-hetero) is 1. The summed E-state index contributed by atoms with van der Waals surface area (Å²) in [6.45, 7) is 0. The summed E-state index contributed by atoms with van der Waals surface area (Å²) in [6, 6.07) is 23.9. The van der Waals surface area contributed by atoms with Crippen molar-refractivity contribution >= 4 is 33.3 Å². The van der Waals surface area contributed by atoms with Crippen LogP contribution in [0.1, 0.15) is 37.8 Å². The van der Waals surface area contributed by atoms with Gasteiger partial charge >= 0.3 is 0 Å². The number of hydrazone groups is 1. The van der Waals surface area contributed by atoms with Crippen molar-refractivity contribution < 1.29 is 9.59 Å². The first-order valence-corrected chi connectivity index (χ1v) is 9.26. The number of ketones is 1. The van der Waals surface area contributed by atoms with Gasteiger partial charge in [0.2, 0.25) is 0 Å². The van der Waals surface area contributed by atoms with E-state index < -0.39 is 5.92 Å². The van der Waals surface area contributed by atoms with Crippen LogP contribution in [-0.2, 0) is 0 Å². The summed E-state index contributed by atoms with van der Waals surface area (Å²) in [5, 5.41) is 4.36. The van der Waals surface area contributed by atoms with Gasteiger partial charge in [0.1, 0.15) is 0 Å². The predicted octanol–water partition coefficient (Wildman–Crippen LogP) is 4.56. The lowest BCUT2D eigenvalue weighted by Gasteiger charge is -2.11. The molecule has 4 nitrogen and oxygen atoms in total. The summed E-state index contributed by atoms with van der Waals surface area (Å²) in [6.07, 6.45) is 0. The minimum absolute atomic E-state index is 0.00607. The Morgan fingerprint density at radius 1 is 0.852 bits per heavy atom. The zero-order valence-corrected chi connectivity index (χ0v) is 15.8. The van der Waals surface area contributed by atoms with E-state index in [1.54, 1.807) is 30.3 Å². The van der Waals surface area contributed by atoms with E-state index in [9.17, 15) is 9.59 Å². The molecule has 27 heavy (non-hydrogen) atoms. The molecule has 0 radical (unpaired) electrons. The van der Waals surface area contributed by atoms with Crippen molar-refractivity contribution in [2.45, 2.75) is 5.92 Å². The number of amides is 1. The van der Waals surface area contributed by atoms with Crippen LogP contribution in [0.25, 0.3) is 0 Å². The molecule has 0 heterocycles.